The van der Waals surface area contributed by atoms with Crippen molar-refractivity contribution in [2.45, 2.75) is 76.5 Å². The van der Waals surface area contributed by atoms with Crippen LogP contribution < -0.4 is 5.32 Å². The highest BCUT2D eigenvalue weighted by Crippen LogP contribution is 2.29. The molecule has 1 aliphatic rings. The van der Waals surface area contributed by atoms with Gasteiger partial charge in [-0.3, -0.25) is 0 Å². The van der Waals surface area contributed by atoms with E-state index < -0.39 is 0 Å². The van der Waals surface area contributed by atoms with E-state index in [1.807, 2.05) is 0 Å². The first kappa shape index (κ1) is 15.3. The third-order valence-electron chi connectivity index (χ3n) is 3.93. The van der Waals surface area contributed by atoms with Gasteiger partial charge in [0.2, 0.25) is 0 Å². The van der Waals surface area contributed by atoms with Gasteiger partial charge >= 0.3 is 0 Å². The Kier molecular flexibility index (Phi) is 9.18. The van der Waals surface area contributed by atoms with Crippen molar-refractivity contribution in [2.24, 2.45) is 5.92 Å². The molecule has 0 aromatic rings. The molecule has 17 heavy (non-hydrogen) atoms. The second kappa shape index (κ2) is 10.2. The van der Waals surface area contributed by atoms with Crippen LogP contribution in [0, 0.1) is 5.92 Å². The van der Waals surface area contributed by atoms with Gasteiger partial charge in [-0.25, -0.2) is 0 Å². The molecule has 0 spiro atoms. The average molecular weight is 260 g/mol. The molecule has 0 amide bonds. The molecule has 0 aliphatic heterocycles. The van der Waals surface area contributed by atoms with Crippen molar-refractivity contribution in [3.8, 4) is 0 Å². The molecule has 2 atom stereocenters. The Morgan fingerprint density at radius 3 is 2.35 bits per heavy atom. The Hall–Kier alpha value is 0.250. The van der Waals surface area contributed by atoms with E-state index in [0.717, 1.165) is 12.5 Å². The Bertz CT molecular complexity index is 172. The van der Waals surface area contributed by atoms with Gasteiger partial charge in [-0.15, -0.1) is 11.6 Å². The van der Waals surface area contributed by atoms with Gasteiger partial charge in [-0.2, -0.15) is 0 Å². The lowest BCUT2D eigenvalue weighted by molar-refractivity contribution is 0.480. The zero-order valence-corrected chi connectivity index (χ0v) is 12.3. The van der Waals surface area contributed by atoms with Gasteiger partial charge < -0.3 is 5.32 Å². The van der Waals surface area contributed by atoms with Crippen LogP contribution in [0.15, 0.2) is 0 Å². The van der Waals surface area contributed by atoms with Crippen LogP contribution in [0.3, 0.4) is 0 Å². The van der Waals surface area contributed by atoms with Gasteiger partial charge in [0.15, 0.2) is 0 Å². The minimum absolute atomic E-state index is 0.441. The second-order valence-corrected chi connectivity index (χ2v) is 6.09. The van der Waals surface area contributed by atoms with Gasteiger partial charge in [-0.05, 0) is 38.3 Å². The van der Waals surface area contributed by atoms with E-state index in [1.165, 1.54) is 70.8 Å². The Labute approximate surface area is 113 Å². The summed E-state index contributed by atoms with van der Waals surface area (Å²) in [6.45, 7) is 4.61. The van der Waals surface area contributed by atoms with Crippen molar-refractivity contribution in [3.63, 3.8) is 0 Å². The molecular weight excluding hydrogens is 230 g/mol. The van der Waals surface area contributed by atoms with Crippen molar-refractivity contribution in [1.29, 1.82) is 0 Å². The summed E-state index contributed by atoms with van der Waals surface area (Å²) >= 11 is 6.25. The van der Waals surface area contributed by atoms with E-state index in [4.69, 9.17) is 11.6 Å². The van der Waals surface area contributed by atoms with Crippen LogP contribution in [0.1, 0.15) is 71.1 Å². The minimum Gasteiger partial charge on any atom is -0.316 e. The lowest BCUT2D eigenvalue weighted by Crippen LogP contribution is -2.26. The average Bonchev–Trinajstić information content (AvgIpc) is 2.73. The molecule has 0 heterocycles. The number of halogens is 1. The van der Waals surface area contributed by atoms with Crippen LogP contribution in [-0.4, -0.2) is 18.5 Å². The van der Waals surface area contributed by atoms with Crippen molar-refractivity contribution in [2.75, 3.05) is 13.1 Å². The van der Waals surface area contributed by atoms with E-state index in [-0.39, 0.29) is 0 Å². The van der Waals surface area contributed by atoms with Crippen molar-refractivity contribution < 1.29 is 0 Å². The minimum atomic E-state index is 0.441. The molecule has 1 saturated carbocycles. The molecule has 1 fully saturated rings. The van der Waals surface area contributed by atoms with Crippen molar-refractivity contribution in [3.05, 3.63) is 0 Å². The largest absolute Gasteiger partial charge is 0.316 e. The third kappa shape index (κ3) is 7.31. The summed E-state index contributed by atoms with van der Waals surface area (Å²) in [6, 6.07) is 0. The molecule has 1 rings (SSSR count). The van der Waals surface area contributed by atoms with Crippen molar-refractivity contribution in [1.82, 2.24) is 5.32 Å². The maximum absolute atomic E-state index is 6.25. The van der Waals surface area contributed by atoms with E-state index in [1.54, 1.807) is 0 Å². The summed E-state index contributed by atoms with van der Waals surface area (Å²) in [6.07, 6.45) is 13.7. The van der Waals surface area contributed by atoms with Crippen LogP contribution in [0.4, 0.5) is 0 Å². The number of alkyl halides is 1. The highest BCUT2D eigenvalue weighted by atomic mass is 35.5. The zero-order valence-electron chi connectivity index (χ0n) is 11.5. The molecule has 0 bridgehead atoms. The highest BCUT2D eigenvalue weighted by molar-refractivity contribution is 6.20. The maximum atomic E-state index is 6.25. The first-order chi connectivity index (χ1) is 8.34. The quantitative estimate of drug-likeness (QED) is 0.442. The molecule has 1 N–H and O–H groups in total. The van der Waals surface area contributed by atoms with Crippen LogP contribution in [-0.2, 0) is 0 Å². The Morgan fingerprint density at radius 1 is 1.00 bits per heavy atom. The summed E-state index contributed by atoms with van der Waals surface area (Å²) in [4.78, 5) is 0. The monoisotopic (exact) mass is 259 g/mol. The van der Waals surface area contributed by atoms with Crippen LogP contribution >= 0.6 is 11.6 Å². The summed E-state index contributed by atoms with van der Waals surface area (Å²) < 4.78 is 0. The molecule has 2 unspecified atom stereocenters. The fourth-order valence-corrected chi connectivity index (χ4v) is 3.09. The molecule has 2 heteroatoms. The third-order valence-corrected chi connectivity index (χ3v) is 4.50. The number of hydrogen-bond acceptors (Lipinski definition) is 1. The normalized spacial score (nSPS) is 24.4. The number of rotatable bonds is 10. The maximum Gasteiger partial charge on any atom is 0.0376 e. The second-order valence-electron chi connectivity index (χ2n) is 5.53. The first-order valence-electron chi connectivity index (χ1n) is 7.69. The van der Waals surface area contributed by atoms with Gasteiger partial charge in [0, 0.05) is 5.38 Å². The van der Waals surface area contributed by atoms with Gasteiger partial charge in [0.05, 0.1) is 0 Å². The summed E-state index contributed by atoms with van der Waals surface area (Å²) in [5, 5.41) is 4.02. The number of unbranched alkanes of at least 4 members (excludes halogenated alkanes) is 6. The lowest BCUT2D eigenvalue weighted by Gasteiger charge is -2.14. The predicted octanol–water partition coefficient (Wildman–Crippen LogP) is 4.73. The van der Waals surface area contributed by atoms with Crippen LogP contribution in [0.2, 0.25) is 0 Å². The van der Waals surface area contributed by atoms with Crippen LogP contribution in [0.5, 0.6) is 0 Å². The molecule has 0 saturated heterocycles. The van der Waals surface area contributed by atoms with E-state index in [2.05, 4.69) is 12.2 Å². The smallest absolute Gasteiger partial charge is 0.0376 e. The fourth-order valence-electron chi connectivity index (χ4n) is 2.72. The Morgan fingerprint density at radius 2 is 1.71 bits per heavy atom. The Balaban J connectivity index is 1.78. The highest BCUT2D eigenvalue weighted by Gasteiger charge is 2.24. The van der Waals surface area contributed by atoms with E-state index in [0.29, 0.717) is 5.38 Å². The standard InChI is InChI=1S/C15H30ClN/c1-2-3-4-5-6-7-8-12-17-13-14-10-9-11-15(14)16/h14-15,17H,2-13H2,1H3. The number of nitrogens with one attached hydrogen (secondary N) is 1. The molecule has 0 aromatic carbocycles. The van der Waals surface area contributed by atoms with Crippen molar-refractivity contribution >= 4 is 11.6 Å². The molecule has 102 valence electrons. The summed E-state index contributed by atoms with van der Waals surface area (Å²) in [5.41, 5.74) is 0. The van der Waals surface area contributed by atoms with Gasteiger partial charge in [0.25, 0.3) is 0 Å². The number of hydrogen-bond donors (Lipinski definition) is 1. The zero-order chi connectivity index (χ0) is 12.3. The SMILES string of the molecule is CCCCCCCCCNCC1CCCC1Cl. The molecule has 1 aliphatic carbocycles. The molecule has 0 aromatic heterocycles. The molecular formula is C15H30ClN. The topological polar surface area (TPSA) is 12.0 Å². The predicted molar refractivity (Wildman–Crippen MR) is 77.8 cm³/mol. The summed E-state index contributed by atoms with van der Waals surface area (Å²) in [7, 11) is 0. The van der Waals surface area contributed by atoms with Gasteiger partial charge in [0.1, 0.15) is 0 Å². The van der Waals surface area contributed by atoms with E-state index >= 15 is 0 Å². The molecule has 1 nitrogen and oxygen atoms in total. The van der Waals surface area contributed by atoms with Gasteiger partial charge in [-0.1, -0.05) is 51.9 Å². The fraction of sp³-hybridized carbons (Fsp3) is 1.00. The summed E-state index contributed by atoms with van der Waals surface area (Å²) in [5.74, 6) is 0.737. The lowest BCUT2D eigenvalue weighted by atomic mass is 10.1. The molecule has 0 radical (unpaired) electrons. The first-order valence-corrected chi connectivity index (χ1v) is 8.13. The van der Waals surface area contributed by atoms with E-state index in [9.17, 15) is 0 Å². The van der Waals surface area contributed by atoms with Crippen LogP contribution in [0.25, 0.3) is 0 Å².